The van der Waals surface area contributed by atoms with Crippen LogP contribution in [0.15, 0.2) is 127 Å². The van der Waals surface area contributed by atoms with Crippen LogP contribution in [0, 0.1) is 0 Å². The summed E-state index contributed by atoms with van der Waals surface area (Å²) in [5, 5.41) is 0. The van der Waals surface area contributed by atoms with Crippen LogP contribution in [0.2, 0.25) is 0 Å². The Hall–Kier alpha value is -3.92. The van der Waals surface area contributed by atoms with Crippen LogP contribution in [-0.4, -0.2) is 18.3 Å². The second-order valence-corrected chi connectivity index (χ2v) is 11.3. The second kappa shape index (κ2) is 10.00. The van der Waals surface area contributed by atoms with Gasteiger partial charge in [-0.3, -0.25) is 0 Å². The van der Waals surface area contributed by atoms with Crippen LogP contribution in [0.5, 0.6) is 0 Å². The van der Waals surface area contributed by atoms with Gasteiger partial charge in [-0.15, -0.1) is 0 Å². The van der Waals surface area contributed by atoms with E-state index in [1.165, 1.54) is 38.9 Å². The molecule has 0 bridgehead atoms. The fourth-order valence-electron chi connectivity index (χ4n) is 5.23. The Morgan fingerprint density at radius 1 is 0.436 bits per heavy atom. The first-order chi connectivity index (χ1) is 18.8. The predicted molar refractivity (Wildman–Crippen MR) is 164 cm³/mol. The Morgan fingerprint density at radius 3 is 1.28 bits per heavy atom. The Balaban J connectivity index is 1.53. The molecule has 39 heavy (non-hydrogen) atoms. The molecule has 3 heteroatoms. The molecule has 0 aliphatic carbocycles. The first-order valence-corrected chi connectivity index (χ1v) is 13.6. The van der Waals surface area contributed by atoms with Gasteiger partial charge in [-0.2, -0.15) is 0 Å². The van der Waals surface area contributed by atoms with Gasteiger partial charge in [0, 0.05) is 0 Å². The van der Waals surface area contributed by atoms with Gasteiger partial charge in [-0.25, -0.2) is 0 Å². The van der Waals surface area contributed by atoms with E-state index in [1.807, 2.05) is 0 Å². The predicted octanol–water partition coefficient (Wildman–Crippen LogP) is 8.65. The highest BCUT2D eigenvalue weighted by Crippen LogP contribution is 2.43. The molecule has 5 aromatic rings. The zero-order chi connectivity index (χ0) is 27.0. The summed E-state index contributed by atoms with van der Waals surface area (Å²) < 4.78 is 12.6. The monoisotopic (exact) mass is 508 g/mol. The quantitative estimate of drug-likeness (QED) is 0.221. The minimum absolute atomic E-state index is 0.370. The minimum Gasteiger partial charge on any atom is -0.399 e. The van der Waals surface area contributed by atoms with Gasteiger partial charge in [0.15, 0.2) is 0 Å². The van der Waals surface area contributed by atoms with Crippen molar-refractivity contribution >= 4 is 12.6 Å². The third-order valence-electron chi connectivity index (χ3n) is 8.14. The van der Waals surface area contributed by atoms with Crippen LogP contribution < -0.4 is 5.46 Å². The maximum absolute atomic E-state index is 6.32. The van der Waals surface area contributed by atoms with Crippen molar-refractivity contribution in [2.45, 2.75) is 38.9 Å². The van der Waals surface area contributed by atoms with Crippen LogP contribution in [0.1, 0.15) is 27.7 Å². The highest BCUT2D eigenvalue weighted by Gasteiger charge is 2.51. The van der Waals surface area contributed by atoms with E-state index >= 15 is 0 Å². The lowest BCUT2D eigenvalue weighted by Crippen LogP contribution is -2.41. The van der Waals surface area contributed by atoms with Gasteiger partial charge < -0.3 is 9.31 Å². The molecule has 1 fully saturated rings. The largest absolute Gasteiger partial charge is 0.494 e. The SMILES string of the molecule is CC1(C)OB(c2ccc(-c3c(-c4ccccc4)cc(-c4ccccc4)cc3-c3ccccc3)cc2)OC1(C)C. The van der Waals surface area contributed by atoms with Gasteiger partial charge in [0.25, 0.3) is 0 Å². The Morgan fingerprint density at radius 2 is 0.846 bits per heavy atom. The molecule has 0 amide bonds. The molecule has 0 aromatic heterocycles. The van der Waals surface area contributed by atoms with Crippen molar-refractivity contribution in [3.63, 3.8) is 0 Å². The summed E-state index contributed by atoms with van der Waals surface area (Å²) in [4.78, 5) is 0. The van der Waals surface area contributed by atoms with E-state index < -0.39 is 0 Å². The summed E-state index contributed by atoms with van der Waals surface area (Å²) in [6, 6.07) is 45.3. The Labute approximate surface area is 232 Å². The smallest absolute Gasteiger partial charge is 0.399 e. The Kier molecular flexibility index (Phi) is 6.50. The highest BCUT2D eigenvalue weighted by atomic mass is 16.7. The molecular formula is C36H33BO2. The molecule has 1 aliphatic heterocycles. The lowest BCUT2D eigenvalue weighted by Gasteiger charge is -2.32. The molecule has 0 unspecified atom stereocenters. The molecule has 1 heterocycles. The zero-order valence-corrected chi connectivity index (χ0v) is 23.0. The molecule has 0 saturated carbocycles. The Bertz CT molecular complexity index is 1500. The standard InChI is InChI=1S/C36H33BO2/c1-35(2)36(3,4)39-37(38-35)31-22-20-29(21-23-31)34-32(27-16-10-6-11-17-27)24-30(26-14-8-5-9-15-26)25-33(34)28-18-12-7-13-19-28/h5-25H,1-4H3. The van der Waals surface area contributed by atoms with E-state index in [1.54, 1.807) is 0 Å². The number of rotatable bonds is 5. The first kappa shape index (κ1) is 25.4. The van der Waals surface area contributed by atoms with Gasteiger partial charge in [0.05, 0.1) is 11.2 Å². The van der Waals surface area contributed by atoms with Crippen molar-refractivity contribution in [1.82, 2.24) is 0 Å². The van der Waals surface area contributed by atoms with Crippen LogP contribution >= 0.6 is 0 Å². The van der Waals surface area contributed by atoms with Crippen molar-refractivity contribution in [3.8, 4) is 44.5 Å². The van der Waals surface area contributed by atoms with Crippen LogP contribution in [0.3, 0.4) is 0 Å². The summed E-state index contributed by atoms with van der Waals surface area (Å²) in [5.74, 6) is 0. The minimum atomic E-state index is -0.383. The molecule has 0 N–H and O–H groups in total. The van der Waals surface area contributed by atoms with E-state index in [0.29, 0.717) is 0 Å². The molecule has 1 saturated heterocycles. The molecule has 0 atom stereocenters. The number of hydrogen-bond donors (Lipinski definition) is 0. The topological polar surface area (TPSA) is 18.5 Å². The van der Waals surface area contributed by atoms with Gasteiger partial charge in [0.1, 0.15) is 0 Å². The molecule has 2 nitrogen and oxygen atoms in total. The van der Waals surface area contributed by atoms with Crippen LogP contribution in [0.25, 0.3) is 44.5 Å². The van der Waals surface area contributed by atoms with Crippen LogP contribution in [-0.2, 0) is 9.31 Å². The van der Waals surface area contributed by atoms with E-state index in [-0.39, 0.29) is 18.3 Å². The zero-order valence-electron chi connectivity index (χ0n) is 23.0. The molecular weight excluding hydrogens is 475 g/mol. The fourth-order valence-corrected chi connectivity index (χ4v) is 5.23. The van der Waals surface area contributed by atoms with E-state index in [2.05, 4.69) is 155 Å². The maximum Gasteiger partial charge on any atom is 0.494 e. The fraction of sp³-hybridized carbons (Fsp3) is 0.167. The van der Waals surface area contributed by atoms with Crippen molar-refractivity contribution in [3.05, 3.63) is 127 Å². The molecule has 192 valence electrons. The van der Waals surface area contributed by atoms with E-state index in [4.69, 9.17) is 9.31 Å². The lowest BCUT2D eigenvalue weighted by molar-refractivity contribution is 0.00578. The molecule has 5 aromatic carbocycles. The summed E-state index contributed by atoms with van der Waals surface area (Å²) in [5.41, 5.74) is 9.87. The highest BCUT2D eigenvalue weighted by molar-refractivity contribution is 6.62. The summed E-state index contributed by atoms with van der Waals surface area (Å²) in [6.45, 7) is 8.36. The van der Waals surface area contributed by atoms with Crippen LogP contribution in [0.4, 0.5) is 0 Å². The van der Waals surface area contributed by atoms with Gasteiger partial charge in [-0.05, 0) is 89.8 Å². The van der Waals surface area contributed by atoms with Crippen molar-refractivity contribution in [2.24, 2.45) is 0 Å². The summed E-state index contributed by atoms with van der Waals surface area (Å²) in [7, 11) is -0.383. The van der Waals surface area contributed by atoms with Gasteiger partial charge >= 0.3 is 7.12 Å². The third kappa shape index (κ3) is 4.85. The lowest BCUT2D eigenvalue weighted by atomic mass is 9.77. The normalized spacial score (nSPS) is 15.8. The van der Waals surface area contributed by atoms with E-state index in [0.717, 1.165) is 11.0 Å². The van der Waals surface area contributed by atoms with E-state index in [9.17, 15) is 0 Å². The van der Waals surface area contributed by atoms with Gasteiger partial charge in [-0.1, -0.05) is 115 Å². The molecule has 0 spiro atoms. The molecule has 1 aliphatic rings. The average molecular weight is 508 g/mol. The summed E-state index contributed by atoms with van der Waals surface area (Å²) in [6.07, 6.45) is 0. The van der Waals surface area contributed by atoms with Crippen molar-refractivity contribution < 1.29 is 9.31 Å². The van der Waals surface area contributed by atoms with Gasteiger partial charge in [0.2, 0.25) is 0 Å². The second-order valence-electron chi connectivity index (χ2n) is 11.3. The number of benzene rings is 5. The third-order valence-corrected chi connectivity index (χ3v) is 8.14. The van der Waals surface area contributed by atoms with Crippen molar-refractivity contribution in [2.75, 3.05) is 0 Å². The maximum atomic E-state index is 6.32. The molecule has 6 rings (SSSR count). The average Bonchev–Trinajstić information content (AvgIpc) is 3.20. The summed E-state index contributed by atoms with van der Waals surface area (Å²) >= 11 is 0. The molecule has 0 radical (unpaired) electrons. The van der Waals surface area contributed by atoms with Crippen molar-refractivity contribution in [1.29, 1.82) is 0 Å². The first-order valence-electron chi connectivity index (χ1n) is 13.6. The number of hydrogen-bond acceptors (Lipinski definition) is 2.